The number of nitrogens with one attached hydrogen (secondary N) is 1. The maximum absolute atomic E-state index is 13.8. The quantitative estimate of drug-likeness (QED) is 0.660. The molecule has 0 aliphatic rings. The molecule has 7 heteroatoms. The number of nitrogens with zero attached hydrogens (tertiary/aromatic N) is 1. The Morgan fingerprint density at radius 2 is 1.92 bits per heavy atom. The number of thiazole rings is 1. The van der Waals surface area contributed by atoms with Gasteiger partial charge in [-0.1, -0.05) is 0 Å². The number of benzene rings is 2. The highest BCUT2D eigenvalue weighted by Gasteiger charge is 2.13. The van der Waals surface area contributed by atoms with E-state index in [1.165, 1.54) is 23.5 Å². The summed E-state index contributed by atoms with van der Waals surface area (Å²) in [6.45, 7) is 0. The SMILES string of the molecule is CSc1ccc(C(=O)Nc2nc(-c3ccc(F)cc3F)cs2)cc1. The Hall–Kier alpha value is -2.25. The number of rotatable bonds is 4. The van der Waals surface area contributed by atoms with Crippen molar-refractivity contribution in [2.45, 2.75) is 4.90 Å². The van der Waals surface area contributed by atoms with Crippen LogP contribution in [0.5, 0.6) is 0 Å². The number of anilines is 1. The second-order valence-electron chi connectivity index (χ2n) is 4.84. The first-order chi connectivity index (χ1) is 11.6. The van der Waals surface area contributed by atoms with Gasteiger partial charge in [0, 0.05) is 27.5 Å². The van der Waals surface area contributed by atoms with E-state index >= 15 is 0 Å². The van der Waals surface area contributed by atoms with E-state index in [1.807, 2.05) is 18.4 Å². The van der Waals surface area contributed by atoms with Gasteiger partial charge in [-0.3, -0.25) is 10.1 Å². The highest BCUT2D eigenvalue weighted by atomic mass is 32.2. The summed E-state index contributed by atoms with van der Waals surface area (Å²) in [6, 6.07) is 10.5. The van der Waals surface area contributed by atoms with Gasteiger partial charge in [0.15, 0.2) is 5.13 Å². The minimum atomic E-state index is -0.689. The summed E-state index contributed by atoms with van der Waals surface area (Å²) in [4.78, 5) is 17.5. The maximum atomic E-state index is 13.8. The van der Waals surface area contributed by atoms with E-state index in [0.717, 1.165) is 11.0 Å². The molecule has 3 rings (SSSR count). The monoisotopic (exact) mass is 362 g/mol. The molecule has 1 heterocycles. The van der Waals surface area contributed by atoms with Crippen molar-refractivity contribution >= 4 is 34.1 Å². The molecule has 0 saturated heterocycles. The summed E-state index contributed by atoms with van der Waals surface area (Å²) >= 11 is 2.77. The van der Waals surface area contributed by atoms with Crippen molar-refractivity contribution in [3.8, 4) is 11.3 Å². The van der Waals surface area contributed by atoms with E-state index in [0.29, 0.717) is 16.4 Å². The zero-order chi connectivity index (χ0) is 17.1. The number of carbonyl (C=O) groups excluding carboxylic acids is 1. The summed E-state index contributed by atoms with van der Waals surface area (Å²) in [5, 5.41) is 4.65. The Morgan fingerprint density at radius 1 is 1.17 bits per heavy atom. The first-order valence-corrected chi connectivity index (χ1v) is 9.03. The van der Waals surface area contributed by atoms with E-state index in [2.05, 4.69) is 10.3 Å². The van der Waals surface area contributed by atoms with Gasteiger partial charge in [-0.15, -0.1) is 23.1 Å². The maximum Gasteiger partial charge on any atom is 0.257 e. The van der Waals surface area contributed by atoms with Gasteiger partial charge in [-0.25, -0.2) is 13.8 Å². The fraction of sp³-hybridized carbons (Fsp3) is 0.0588. The number of hydrogen-bond acceptors (Lipinski definition) is 4. The predicted molar refractivity (Wildman–Crippen MR) is 93.6 cm³/mol. The molecule has 1 amide bonds. The molecule has 1 N–H and O–H groups in total. The van der Waals surface area contributed by atoms with Crippen molar-refractivity contribution in [3.05, 3.63) is 65.0 Å². The first kappa shape index (κ1) is 16.6. The van der Waals surface area contributed by atoms with Crippen LogP contribution >= 0.6 is 23.1 Å². The summed E-state index contributed by atoms with van der Waals surface area (Å²) in [5.41, 5.74) is 1.06. The van der Waals surface area contributed by atoms with E-state index in [-0.39, 0.29) is 11.5 Å². The molecule has 0 bridgehead atoms. The first-order valence-electron chi connectivity index (χ1n) is 6.93. The minimum Gasteiger partial charge on any atom is -0.298 e. The lowest BCUT2D eigenvalue weighted by atomic mass is 10.1. The molecule has 2 aromatic carbocycles. The van der Waals surface area contributed by atoms with Gasteiger partial charge in [0.25, 0.3) is 5.91 Å². The topological polar surface area (TPSA) is 42.0 Å². The van der Waals surface area contributed by atoms with E-state index in [1.54, 1.807) is 29.3 Å². The average molecular weight is 362 g/mol. The molecule has 122 valence electrons. The zero-order valence-electron chi connectivity index (χ0n) is 12.5. The molecule has 0 atom stereocenters. The lowest BCUT2D eigenvalue weighted by Gasteiger charge is -2.03. The highest BCUT2D eigenvalue weighted by molar-refractivity contribution is 7.98. The summed E-state index contributed by atoms with van der Waals surface area (Å²) < 4.78 is 26.7. The normalized spacial score (nSPS) is 10.6. The van der Waals surface area contributed by atoms with Crippen LogP contribution in [0.1, 0.15) is 10.4 Å². The zero-order valence-corrected chi connectivity index (χ0v) is 14.2. The standard InChI is InChI=1S/C17H12F2N2OS2/c1-23-12-5-2-10(3-6-12)16(22)21-17-20-15(9-24-17)13-7-4-11(18)8-14(13)19/h2-9H,1H3,(H,20,21,22). The molecular formula is C17H12F2N2OS2. The fourth-order valence-electron chi connectivity index (χ4n) is 2.06. The fourth-order valence-corrected chi connectivity index (χ4v) is 3.18. The third-order valence-corrected chi connectivity index (χ3v) is 4.79. The van der Waals surface area contributed by atoms with Crippen LogP contribution in [0.4, 0.5) is 13.9 Å². The molecule has 0 aliphatic carbocycles. The van der Waals surface area contributed by atoms with Crippen molar-refractivity contribution in [1.29, 1.82) is 0 Å². The van der Waals surface area contributed by atoms with Crippen molar-refractivity contribution < 1.29 is 13.6 Å². The summed E-state index contributed by atoms with van der Waals surface area (Å²) in [5.74, 6) is -1.62. The average Bonchev–Trinajstić information content (AvgIpc) is 3.03. The number of hydrogen-bond donors (Lipinski definition) is 1. The Morgan fingerprint density at radius 3 is 2.58 bits per heavy atom. The second-order valence-corrected chi connectivity index (χ2v) is 6.58. The van der Waals surface area contributed by atoms with Crippen LogP contribution in [0.2, 0.25) is 0 Å². The van der Waals surface area contributed by atoms with Gasteiger partial charge in [-0.2, -0.15) is 0 Å². The molecule has 0 unspecified atom stereocenters. The summed E-state index contributed by atoms with van der Waals surface area (Å²) in [7, 11) is 0. The van der Waals surface area contributed by atoms with Gasteiger partial charge in [0.05, 0.1) is 5.69 Å². The van der Waals surface area contributed by atoms with Crippen LogP contribution in [-0.4, -0.2) is 17.1 Å². The molecule has 24 heavy (non-hydrogen) atoms. The molecule has 1 aromatic heterocycles. The molecule has 0 fully saturated rings. The highest BCUT2D eigenvalue weighted by Crippen LogP contribution is 2.27. The molecule has 0 aliphatic heterocycles. The minimum absolute atomic E-state index is 0.192. The number of thioether (sulfide) groups is 1. The van der Waals surface area contributed by atoms with Gasteiger partial charge >= 0.3 is 0 Å². The Kier molecular flexibility index (Phi) is 4.92. The molecule has 0 spiro atoms. The summed E-state index contributed by atoms with van der Waals surface area (Å²) in [6.07, 6.45) is 1.96. The van der Waals surface area contributed by atoms with Crippen molar-refractivity contribution in [2.75, 3.05) is 11.6 Å². The van der Waals surface area contributed by atoms with E-state index < -0.39 is 11.6 Å². The molecule has 3 aromatic rings. The van der Waals surface area contributed by atoms with Gasteiger partial charge in [0.2, 0.25) is 0 Å². The van der Waals surface area contributed by atoms with Gasteiger partial charge in [0.1, 0.15) is 11.6 Å². The number of amides is 1. The predicted octanol–water partition coefficient (Wildman–Crippen LogP) is 5.06. The molecule has 0 saturated carbocycles. The van der Waals surface area contributed by atoms with Crippen LogP contribution in [0.15, 0.2) is 52.7 Å². The Bertz CT molecular complexity index is 879. The van der Waals surface area contributed by atoms with Gasteiger partial charge < -0.3 is 0 Å². The lowest BCUT2D eigenvalue weighted by molar-refractivity contribution is 0.102. The van der Waals surface area contributed by atoms with Crippen molar-refractivity contribution in [1.82, 2.24) is 4.98 Å². The van der Waals surface area contributed by atoms with Gasteiger partial charge in [-0.05, 0) is 42.7 Å². The van der Waals surface area contributed by atoms with Crippen molar-refractivity contribution in [2.24, 2.45) is 0 Å². The third kappa shape index (κ3) is 3.63. The third-order valence-electron chi connectivity index (χ3n) is 3.28. The van der Waals surface area contributed by atoms with Crippen LogP contribution in [-0.2, 0) is 0 Å². The molecular weight excluding hydrogens is 350 g/mol. The van der Waals surface area contributed by atoms with Crippen LogP contribution in [0, 0.1) is 11.6 Å². The lowest BCUT2D eigenvalue weighted by Crippen LogP contribution is -2.11. The second kappa shape index (κ2) is 7.11. The van der Waals surface area contributed by atoms with E-state index in [9.17, 15) is 13.6 Å². The number of halogens is 2. The Labute approximate surface area is 145 Å². The van der Waals surface area contributed by atoms with Crippen molar-refractivity contribution in [3.63, 3.8) is 0 Å². The van der Waals surface area contributed by atoms with Crippen LogP contribution in [0.25, 0.3) is 11.3 Å². The number of carbonyl (C=O) groups is 1. The number of aromatic nitrogens is 1. The van der Waals surface area contributed by atoms with Crippen LogP contribution < -0.4 is 5.32 Å². The van der Waals surface area contributed by atoms with Crippen LogP contribution in [0.3, 0.4) is 0 Å². The Balaban J connectivity index is 1.76. The molecule has 3 nitrogen and oxygen atoms in total. The van der Waals surface area contributed by atoms with E-state index in [4.69, 9.17) is 0 Å². The molecule has 0 radical (unpaired) electrons. The smallest absolute Gasteiger partial charge is 0.257 e. The largest absolute Gasteiger partial charge is 0.298 e.